The number of carboxylic acids is 1. The van der Waals surface area contributed by atoms with Gasteiger partial charge in [0.05, 0.1) is 17.0 Å². The molecule has 150 valence electrons. The fourth-order valence-corrected chi connectivity index (χ4v) is 4.68. The SMILES string of the molecule is CCS(=O)(=O)Nc1ccc(N2CCC(N3CCCCC3)CC2)c(C(=O)O)c1. The Labute approximate surface area is 161 Å². The molecule has 2 N–H and O–H groups in total. The van der Waals surface area contributed by atoms with Gasteiger partial charge in [0.15, 0.2) is 0 Å². The quantitative estimate of drug-likeness (QED) is 0.770. The van der Waals surface area contributed by atoms with E-state index in [0.717, 1.165) is 25.9 Å². The summed E-state index contributed by atoms with van der Waals surface area (Å²) in [6.45, 7) is 5.54. The fourth-order valence-electron chi connectivity index (χ4n) is 4.05. The Morgan fingerprint density at radius 2 is 1.81 bits per heavy atom. The average molecular weight is 396 g/mol. The van der Waals surface area contributed by atoms with E-state index in [0.29, 0.717) is 17.4 Å². The minimum absolute atomic E-state index is 0.0544. The summed E-state index contributed by atoms with van der Waals surface area (Å²) in [6.07, 6.45) is 5.94. The van der Waals surface area contributed by atoms with Crippen molar-refractivity contribution >= 4 is 27.4 Å². The van der Waals surface area contributed by atoms with E-state index in [4.69, 9.17) is 0 Å². The van der Waals surface area contributed by atoms with Crippen LogP contribution in [0.1, 0.15) is 49.4 Å². The van der Waals surface area contributed by atoms with Crippen LogP contribution in [0.3, 0.4) is 0 Å². The largest absolute Gasteiger partial charge is 0.478 e. The predicted molar refractivity (Wildman–Crippen MR) is 107 cm³/mol. The molecule has 2 heterocycles. The van der Waals surface area contributed by atoms with E-state index in [9.17, 15) is 18.3 Å². The van der Waals surface area contributed by atoms with E-state index in [1.807, 2.05) is 0 Å². The van der Waals surface area contributed by atoms with Crippen LogP contribution in [0, 0.1) is 0 Å². The molecule has 0 saturated carbocycles. The van der Waals surface area contributed by atoms with E-state index in [2.05, 4.69) is 14.5 Å². The van der Waals surface area contributed by atoms with Crippen molar-refractivity contribution in [2.75, 3.05) is 41.6 Å². The molecule has 0 unspecified atom stereocenters. The molecule has 27 heavy (non-hydrogen) atoms. The highest BCUT2D eigenvalue weighted by Crippen LogP contribution is 2.29. The van der Waals surface area contributed by atoms with Crippen LogP contribution < -0.4 is 9.62 Å². The normalized spacial score (nSPS) is 19.8. The molecule has 2 saturated heterocycles. The molecule has 2 aliphatic rings. The predicted octanol–water partition coefficient (Wildman–Crippen LogP) is 2.60. The first-order valence-corrected chi connectivity index (χ1v) is 11.4. The zero-order valence-corrected chi connectivity index (χ0v) is 16.7. The number of piperidine rings is 2. The van der Waals surface area contributed by atoms with E-state index < -0.39 is 16.0 Å². The van der Waals surface area contributed by atoms with Crippen LogP contribution in [-0.2, 0) is 10.0 Å². The number of benzene rings is 1. The monoisotopic (exact) mass is 395 g/mol. The summed E-state index contributed by atoms with van der Waals surface area (Å²) in [5, 5.41) is 9.62. The lowest BCUT2D eigenvalue weighted by molar-refractivity contribution is 0.0697. The van der Waals surface area contributed by atoms with Crippen molar-refractivity contribution in [2.24, 2.45) is 0 Å². The number of sulfonamides is 1. The highest BCUT2D eigenvalue weighted by Gasteiger charge is 2.27. The molecule has 7 nitrogen and oxygen atoms in total. The first kappa shape index (κ1) is 19.9. The van der Waals surface area contributed by atoms with Crippen molar-refractivity contribution in [3.05, 3.63) is 23.8 Å². The van der Waals surface area contributed by atoms with Gasteiger partial charge in [-0.3, -0.25) is 4.72 Å². The molecular weight excluding hydrogens is 366 g/mol. The number of nitrogens with one attached hydrogen (secondary N) is 1. The molecule has 0 atom stereocenters. The van der Waals surface area contributed by atoms with Crippen molar-refractivity contribution in [2.45, 2.75) is 45.1 Å². The molecule has 0 spiro atoms. The van der Waals surface area contributed by atoms with Gasteiger partial charge in [-0.2, -0.15) is 0 Å². The van der Waals surface area contributed by atoms with Gasteiger partial charge in [0.1, 0.15) is 0 Å². The Bertz CT molecular complexity index is 767. The van der Waals surface area contributed by atoms with Crippen molar-refractivity contribution in [3.63, 3.8) is 0 Å². The number of hydrogen-bond donors (Lipinski definition) is 2. The minimum Gasteiger partial charge on any atom is -0.478 e. The number of anilines is 2. The van der Waals surface area contributed by atoms with Gasteiger partial charge in [0.25, 0.3) is 0 Å². The Kier molecular flexibility index (Phi) is 6.26. The highest BCUT2D eigenvalue weighted by molar-refractivity contribution is 7.92. The standard InChI is InChI=1S/C19H29N3O4S/c1-2-27(25,26)20-15-6-7-18(17(14-15)19(23)24)22-12-8-16(9-13-22)21-10-4-3-5-11-21/h6-7,14,16,20H,2-5,8-13H2,1H3,(H,23,24). The molecule has 1 aromatic rings. The molecule has 8 heteroatoms. The Balaban J connectivity index is 1.71. The second-order valence-corrected chi connectivity index (χ2v) is 9.37. The van der Waals surface area contributed by atoms with Gasteiger partial charge >= 0.3 is 5.97 Å². The molecule has 0 aliphatic carbocycles. The third-order valence-electron chi connectivity index (χ3n) is 5.59. The Hall–Kier alpha value is -1.80. The third kappa shape index (κ3) is 4.93. The van der Waals surface area contributed by atoms with E-state index in [1.165, 1.54) is 38.4 Å². The number of carbonyl (C=O) groups is 1. The van der Waals surface area contributed by atoms with Crippen LogP contribution >= 0.6 is 0 Å². The van der Waals surface area contributed by atoms with Crippen molar-refractivity contribution in [1.82, 2.24) is 4.90 Å². The molecule has 0 aromatic heterocycles. The first-order chi connectivity index (χ1) is 12.9. The van der Waals surface area contributed by atoms with Crippen LogP contribution in [0.15, 0.2) is 18.2 Å². The second-order valence-electron chi connectivity index (χ2n) is 7.36. The molecule has 3 rings (SSSR count). The topological polar surface area (TPSA) is 90.0 Å². The van der Waals surface area contributed by atoms with Gasteiger partial charge in [0.2, 0.25) is 10.0 Å². The summed E-state index contributed by atoms with van der Waals surface area (Å²) >= 11 is 0. The number of carboxylic acid groups (broad SMARTS) is 1. The van der Waals surface area contributed by atoms with E-state index in [-0.39, 0.29) is 11.3 Å². The maximum absolute atomic E-state index is 11.8. The zero-order chi connectivity index (χ0) is 19.4. The second kappa shape index (κ2) is 8.48. The van der Waals surface area contributed by atoms with Gasteiger partial charge in [0, 0.05) is 24.8 Å². The zero-order valence-electron chi connectivity index (χ0n) is 15.9. The summed E-state index contributed by atoms with van der Waals surface area (Å²) < 4.78 is 25.9. The van der Waals surface area contributed by atoms with Gasteiger partial charge in [-0.1, -0.05) is 6.42 Å². The van der Waals surface area contributed by atoms with Gasteiger partial charge in [-0.25, -0.2) is 13.2 Å². The number of aromatic carboxylic acids is 1. The van der Waals surface area contributed by atoms with E-state index >= 15 is 0 Å². The summed E-state index contributed by atoms with van der Waals surface area (Å²) in [5.41, 5.74) is 1.10. The lowest BCUT2D eigenvalue weighted by atomic mass is 9.98. The minimum atomic E-state index is -3.43. The van der Waals surface area contributed by atoms with Crippen LogP contribution in [0.25, 0.3) is 0 Å². The van der Waals surface area contributed by atoms with Crippen LogP contribution in [-0.4, -0.2) is 62.4 Å². The molecule has 0 bridgehead atoms. The van der Waals surface area contributed by atoms with Crippen LogP contribution in [0.2, 0.25) is 0 Å². The molecule has 2 aliphatic heterocycles. The van der Waals surface area contributed by atoms with Gasteiger partial charge in [-0.05, 0) is 63.9 Å². The molecule has 0 amide bonds. The van der Waals surface area contributed by atoms with Crippen LogP contribution in [0.5, 0.6) is 0 Å². The summed E-state index contributed by atoms with van der Waals surface area (Å²) in [7, 11) is -3.43. The summed E-state index contributed by atoms with van der Waals surface area (Å²) in [5.74, 6) is -1.10. The van der Waals surface area contributed by atoms with Gasteiger partial charge < -0.3 is 14.9 Å². The lowest BCUT2D eigenvalue weighted by Crippen LogP contribution is -2.47. The molecular formula is C19H29N3O4S. The average Bonchev–Trinajstić information content (AvgIpc) is 2.68. The summed E-state index contributed by atoms with van der Waals surface area (Å²) in [6, 6.07) is 5.37. The van der Waals surface area contributed by atoms with Crippen molar-refractivity contribution < 1.29 is 18.3 Å². The smallest absolute Gasteiger partial charge is 0.337 e. The fraction of sp³-hybridized carbons (Fsp3) is 0.632. The number of rotatable bonds is 6. The van der Waals surface area contributed by atoms with Gasteiger partial charge in [-0.15, -0.1) is 0 Å². The first-order valence-electron chi connectivity index (χ1n) is 9.76. The third-order valence-corrected chi connectivity index (χ3v) is 6.90. The number of likely N-dealkylation sites (tertiary alicyclic amines) is 1. The number of hydrogen-bond acceptors (Lipinski definition) is 5. The maximum atomic E-state index is 11.8. The molecule has 0 radical (unpaired) electrons. The lowest BCUT2D eigenvalue weighted by Gasteiger charge is -2.41. The Morgan fingerprint density at radius 3 is 2.41 bits per heavy atom. The maximum Gasteiger partial charge on any atom is 0.337 e. The molecule has 1 aromatic carbocycles. The summed E-state index contributed by atoms with van der Waals surface area (Å²) in [4.78, 5) is 16.4. The highest BCUT2D eigenvalue weighted by atomic mass is 32.2. The van der Waals surface area contributed by atoms with Crippen LogP contribution in [0.4, 0.5) is 11.4 Å². The van der Waals surface area contributed by atoms with Crippen molar-refractivity contribution in [3.8, 4) is 0 Å². The Morgan fingerprint density at radius 1 is 1.15 bits per heavy atom. The van der Waals surface area contributed by atoms with Crippen molar-refractivity contribution in [1.29, 1.82) is 0 Å². The number of nitrogens with zero attached hydrogens (tertiary/aromatic N) is 2. The molecule has 2 fully saturated rings. The van der Waals surface area contributed by atoms with E-state index in [1.54, 1.807) is 19.1 Å².